The molecule has 1 heterocycles. The Hall–Kier alpha value is -6.24. The summed E-state index contributed by atoms with van der Waals surface area (Å²) in [5.41, 5.74) is 3.88. The van der Waals surface area contributed by atoms with E-state index in [1.807, 2.05) is 0 Å². The number of nitro groups is 1. The number of carbonyl (C=O) groups is 3. The summed E-state index contributed by atoms with van der Waals surface area (Å²) in [5.74, 6) is -0.206. The van der Waals surface area contributed by atoms with Gasteiger partial charge in [0.15, 0.2) is 23.0 Å². The van der Waals surface area contributed by atoms with Crippen molar-refractivity contribution in [2.24, 2.45) is 5.10 Å². The molecule has 1 aliphatic heterocycles. The lowest BCUT2D eigenvalue weighted by Crippen LogP contribution is -2.18. The van der Waals surface area contributed by atoms with Gasteiger partial charge in [0.1, 0.15) is 0 Å². The van der Waals surface area contributed by atoms with Gasteiger partial charge in [-0.1, -0.05) is 6.07 Å². The maximum Gasteiger partial charge on any atom is 0.343 e. The average molecular weight is 583 g/mol. The molecule has 13 nitrogen and oxygen atoms in total. The highest BCUT2D eigenvalue weighted by Crippen LogP contribution is 2.34. The Balaban J connectivity index is 1.19. The summed E-state index contributed by atoms with van der Waals surface area (Å²) in [5, 5.41) is 17.4. The lowest BCUT2D eigenvalue weighted by Gasteiger charge is -2.10. The van der Waals surface area contributed by atoms with Crippen molar-refractivity contribution >= 4 is 35.4 Å². The van der Waals surface area contributed by atoms with E-state index in [0.717, 1.165) is 0 Å². The van der Waals surface area contributed by atoms with Gasteiger partial charge in [-0.05, 0) is 72.3 Å². The van der Waals surface area contributed by atoms with Crippen molar-refractivity contribution in [3.63, 3.8) is 0 Å². The molecule has 2 amide bonds. The smallest absolute Gasteiger partial charge is 0.343 e. The average Bonchev–Trinajstić information content (AvgIpc) is 3.50. The minimum atomic E-state index is -0.614. The van der Waals surface area contributed by atoms with E-state index >= 15 is 0 Å². The van der Waals surface area contributed by atoms with Gasteiger partial charge in [-0.15, -0.1) is 0 Å². The summed E-state index contributed by atoms with van der Waals surface area (Å²) in [6.45, 7) is 0.0852. The minimum Gasteiger partial charge on any atom is -0.493 e. The topological polar surface area (TPSA) is 168 Å². The van der Waals surface area contributed by atoms with Crippen LogP contribution in [0.5, 0.6) is 23.0 Å². The van der Waals surface area contributed by atoms with Gasteiger partial charge in [0.25, 0.3) is 17.5 Å². The summed E-state index contributed by atoms with van der Waals surface area (Å²) in [6, 6.07) is 20.8. The van der Waals surface area contributed by atoms with Crippen LogP contribution in [-0.2, 0) is 0 Å². The highest BCUT2D eigenvalue weighted by Gasteiger charge is 2.19. The van der Waals surface area contributed by atoms with Gasteiger partial charge in [0.05, 0.1) is 23.8 Å². The molecule has 5 rings (SSSR count). The zero-order chi connectivity index (χ0) is 30.3. The molecule has 0 aliphatic carbocycles. The van der Waals surface area contributed by atoms with Crippen LogP contribution >= 0.6 is 0 Å². The van der Waals surface area contributed by atoms with Crippen molar-refractivity contribution in [3.05, 3.63) is 117 Å². The number of benzene rings is 4. The van der Waals surface area contributed by atoms with Gasteiger partial charge >= 0.3 is 5.97 Å². The summed E-state index contributed by atoms with van der Waals surface area (Å²) in [7, 11) is 1.42. The first-order chi connectivity index (χ1) is 20.8. The van der Waals surface area contributed by atoms with Crippen LogP contribution in [0.15, 0.2) is 90.0 Å². The summed E-state index contributed by atoms with van der Waals surface area (Å²) >= 11 is 0. The molecule has 216 valence electrons. The molecule has 0 atom stereocenters. The zero-order valence-electron chi connectivity index (χ0n) is 22.4. The fraction of sp³-hybridized carbons (Fsp3) is 0.0667. The first kappa shape index (κ1) is 28.3. The van der Waals surface area contributed by atoms with E-state index in [4.69, 9.17) is 18.9 Å². The number of nitrogens with one attached hydrogen (secondary N) is 2. The van der Waals surface area contributed by atoms with Crippen molar-refractivity contribution in [2.45, 2.75) is 0 Å². The summed E-state index contributed by atoms with van der Waals surface area (Å²) in [4.78, 5) is 48.0. The maximum absolute atomic E-state index is 12.6. The highest BCUT2D eigenvalue weighted by molar-refractivity contribution is 6.05. The van der Waals surface area contributed by atoms with Crippen LogP contribution in [0.4, 0.5) is 11.4 Å². The molecule has 4 aromatic carbocycles. The van der Waals surface area contributed by atoms with Crippen LogP contribution < -0.4 is 29.7 Å². The second kappa shape index (κ2) is 12.5. The first-order valence-electron chi connectivity index (χ1n) is 12.6. The van der Waals surface area contributed by atoms with Gasteiger partial charge in [0.2, 0.25) is 6.79 Å². The monoisotopic (exact) mass is 582 g/mol. The van der Waals surface area contributed by atoms with E-state index in [2.05, 4.69) is 15.8 Å². The highest BCUT2D eigenvalue weighted by atomic mass is 16.7. The van der Waals surface area contributed by atoms with Gasteiger partial charge in [-0.3, -0.25) is 19.7 Å². The molecule has 0 radical (unpaired) electrons. The summed E-state index contributed by atoms with van der Waals surface area (Å²) in [6.07, 6.45) is 1.38. The van der Waals surface area contributed by atoms with Crippen LogP contribution in [0.2, 0.25) is 0 Å². The fourth-order valence-corrected chi connectivity index (χ4v) is 3.94. The Kier molecular flexibility index (Phi) is 8.23. The van der Waals surface area contributed by atoms with E-state index in [1.54, 1.807) is 42.5 Å². The Morgan fingerprint density at radius 2 is 1.63 bits per heavy atom. The molecule has 1 aliphatic rings. The number of carbonyl (C=O) groups excluding carboxylic acids is 3. The Morgan fingerprint density at radius 3 is 2.40 bits per heavy atom. The van der Waals surface area contributed by atoms with Crippen LogP contribution in [0, 0.1) is 10.1 Å². The van der Waals surface area contributed by atoms with Crippen LogP contribution in [0.3, 0.4) is 0 Å². The van der Waals surface area contributed by atoms with Gasteiger partial charge in [-0.25, -0.2) is 10.2 Å². The van der Waals surface area contributed by atoms with Gasteiger partial charge in [0, 0.05) is 28.9 Å². The molecule has 0 saturated carbocycles. The number of nitro benzene ring substituents is 1. The van der Waals surface area contributed by atoms with Crippen molar-refractivity contribution in [2.75, 3.05) is 19.2 Å². The second-order valence-corrected chi connectivity index (χ2v) is 8.91. The molecule has 0 fully saturated rings. The number of non-ortho nitro benzene ring substituents is 1. The summed E-state index contributed by atoms with van der Waals surface area (Å²) < 4.78 is 21.4. The third kappa shape index (κ3) is 6.74. The van der Waals surface area contributed by atoms with Gasteiger partial charge in [-0.2, -0.15) is 5.10 Å². The molecular weight excluding hydrogens is 560 g/mol. The molecular formula is C30H22N4O9. The molecule has 2 N–H and O–H groups in total. The Bertz CT molecular complexity index is 1750. The minimum absolute atomic E-state index is 0.0852. The van der Waals surface area contributed by atoms with Crippen molar-refractivity contribution < 1.29 is 38.3 Å². The number of nitrogens with zero attached hydrogens (tertiary/aromatic N) is 2. The lowest BCUT2D eigenvalue weighted by molar-refractivity contribution is -0.384. The molecule has 13 heteroatoms. The van der Waals surface area contributed by atoms with Crippen LogP contribution in [0.25, 0.3) is 0 Å². The first-order valence-corrected chi connectivity index (χ1v) is 12.6. The molecule has 0 unspecified atom stereocenters. The van der Waals surface area contributed by atoms with Crippen LogP contribution in [0.1, 0.15) is 36.6 Å². The largest absolute Gasteiger partial charge is 0.493 e. The van der Waals surface area contributed by atoms with Crippen molar-refractivity contribution in [1.29, 1.82) is 0 Å². The number of ether oxygens (including phenoxy) is 4. The molecule has 0 spiro atoms. The fourth-order valence-electron chi connectivity index (χ4n) is 3.94. The number of anilines is 1. The number of esters is 1. The quantitative estimate of drug-likeness (QED) is 0.0944. The molecule has 43 heavy (non-hydrogen) atoms. The lowest BCUT2D eigenvalue weighted by atomic mass is 10.1. The van der Waals surface area contributed by atoms with E-state index in [1.165, 1.54) is 55.8 Å². The number of methoxy groups -OCH3 is 1. The third-order valence-corrected chi connectivity index (χ3v) is 6.10. The van der Waals surface area contributed by atoms with Crippen molar-refractivity contribution in [3.8, 4) is 23.0 Å². The normalized spacial score (nSPS) is 11.6. The number of hydrazone groups is 1. The van der Waals surface area contributed by atoms with E-state index in [0.29, 0.717) is 22.7 Å². The number of fused-ring (bicyclic) bond motifs is 1. The Morgan fingerprint density at radius 1 is 0.860 bits per heavy atom. The predicted molar refractivity (Wildman–Crippen MR) is 153 cm³/mol. The number of amides is 2. The maximum atomic E-state index is 12.6. The molecule has 4 aromatic rings. The molecule has 0 bridgehead atoms. The standard InChI is InChI=1S/C30H22N4O9/c1-40-26-13-18(5-11-25(26)43-30(37)21-8-12-24-27(15-21)42-17-41-24)16-31-33-29(36)20-3-2-4-22(14-20)32-28(35)19-6-9-23(10-7-19)34(38)39/h2-16H,17H2,1H3,(H,32,35)(H,33,36). The van der Waals surface area contributed by atoms with E-state index in [9.17, 15) is 24.5 Å². The Labute approximate surface area is 243 Å². The third-order valence-electron chi connectivity index (χ3n) is 6.10. The number of hydrogen-bond donors (Lipinski definition) is 2. The van der Waals surface area contributed by atoms with Crippen molar-refractivity contribution in [1.82, 2.24) is 5.43 Å². The molecule has 0 saturated heterocycles. The zero-order valence-corrected chi connectivity index (χ0v) is 22.4. The molecule has 0 aromatic heterocycles. The van der Waals surface area contributed by atoms with E-state index < -0.39 is 22.7 Å². The van der Waals surface area contributed by atoms with E-state index in [-0.39, 0.29) is 40.7 Å². The number of hydrogen-bond acceptors (Lipinski definition) is 10. The number of rotatable bonds is 9. The van der Waals surface area contributed by atoms with Gasteiger partial charge < -0.3 is 24.3 Å². The SMILES string of the molecule is COc1cc(C=NNC(=O)c2cccc(NC(=O)c3ccc([N+](=O)[O-])cc3)c2)ccc1OC(=O)c1ccc2c(c1)OCO2. The van der Waals surface area contributed by atoms with Crippen LogP contribution in [-0.4, -0.2) is 42.8 Å². The second-order valence-electron chi connectivity index (χ2n) is 8.91. The predicted octanol–water partition coefficient (Wildman–Crippen LogP) is 4.57.